The average Bonchev–Trinajstić information content (AvgIpc) is 2.83. The Morgan fingerprint density at radius 2 is 2.07 bits per heavy atom. The van der Waals surface area contributed by atoms with Crippen LogP contribution in [-0.2, 0) is 0 Å². The van der Waals surface area contributed by atoms with Gasteiger partial charge in [-0.1, -0.05) is 25.1 Å². The van der Waals surface area contributed by atoms with Gasteiger partial charge in [-0.15, -0.1) is 0 Å². The number of nitrogens with one attached hydrogen (secondary N) is 1. The molecule has 2 unspecified atom stereocenters. The first-order chi connectivity index (χ1) is 6.75. The van der Waals surface area contributed by atoms with E-state index < -0.39 is 0 Å². The van der Waals surface area contributed by atoms with Crippen molar-refractivity contribution in [2.45, 2.75) is 19.4 Å². The molecular formula is C11H13NO2. The lowest BCUT2D eigenvalue weighted by atomic mass is 10.3. The van der Waals surface area contributed by atoms with Crippen molar-refractivity contribution in [2.24, 2.45) is 5.92 Å². The first kappa shape index (κ1) is 9.06. The fourth-order valence-corrected chi connectivity index (χ4v) is 1.30. The van der Waals surface area contributed by atoms with E-state index in [0.717, 1.165) is 6.42 Å². The molecule has 1 N–H and O–H groups in total. The Bertz CT molecular complexity index is 323. The van der Waals surface area contributed by atoms with Crippen molar-refractivity contribution in [2.75, 3.05) is 0 Å². The van der Waals surface area contributed by atoms with Crippen molar-refractivity contribution in [1.82, 2.24) is 5.32 Å². The summed E-state index contributed by atoms with van der Waals surface area (Å²) in [7, 11) is 0. The second-order valence-corrected chi connectivity index (χ2v) is 3.67. The Morgan fingerprint density at radius 1 is 1.43 bits per heavy atom. The van der Waals surface area contributed by atoms with Crippen LogP contribution >= 0.6 is 0 Å². The van der Waals surface area contributed by atoms with Crippen LogP contribution in [0, 0.1) is 5.92 Å². The van der Waals surface area contributed by atoms with Crippen LogP contribution < -0.4 is 10.1 Å². The molecule has 1 fully saturated rings. The molecule has 1 aromatic rings. The van der Waals surface area contributed by atoms with E-state index in [9.17, 15) is 4.79 Å². The summed E-state index contributed by atoms with van der Waals surface area (Å²) in [5.41, 5.74) is 0. The molecule has 0 aliphatic heterocycles. The van der Waals surface area contributed by atoms with E-state index >= 15 is 0 Å². The summed E-state index contributed by atoms with van der Waals surface area (Å²) >= 11 is 0. The molecule has 0 saturated heterocycles. The molecular weight excluding hydrogens is 178 g/mol. The molecule has 0 aromatic heterocycles. The average molecular weight is 191 g/mol. The maximum Gasteiger partial charge on any atom is 0.412 e. The monoisotopic (exact) mass is 191 g/mol. The number of hydrogen-bond acceptors (Lipinski definition) is 2. The molecule has 0 heterocycles. The van der Waals surface area contributed by atoms with E-state index in [1.807, 2.05) is 18.2 Å². The number of para-hydroxylation sites is 1. The Kier molecular flexibility index (Phi) is 2.39. The minimum Gasteiger partial charge on any atom is -0.410 e. The van der Waals surface area contributed by atoms with Crippen LogP contribution in [0.4, 0.5) is 4.79 Å². The summed E-state index contributed by atoms with van der Waals surface area (Å²) in [6.07, 6.45) is 0.703. The second-order valence-electron chi connectivity index (χ2n) is 3.67. The Morgan fingerprint density at radius 3 is 2.64 bits per heavy atom. The lowest BCUT2D eigenvalue weighted by Gasteiger charge is -2.04. The summed E-state index contributed by atoms with van der Waals surface area (Å²) in [5, 5.41) is 2.79. The number of benzene rings is 1. The fourth-order valence-electron chi connectivity index (χ4n) is 1.30. The summed E-state index contributed by atoms with van der Waals surface area (Å²) in [6.45, 7) is 2.10. The van der Waals surface area contributed by atoms with Crippen molar-refractivity contribution in [1.29, 1.82) is 0 Å². The lowest BCUT2D eigenvalue weighted by Crippen LogP contribution is -2.29. The maximum absolute atomic E-state index is 11.3. The smallest absolute Gasteiger partial charge is 0.410 e. The zero-order valence-corrected chi connectivity index (χ0v) is 8.07. The predicted octanol–water partition coefficient (Wildman–Crippen LogP) is 2.18. The molecule has 1 amide bonds. The molecule has 0 radical (unpaired) electrons. The fraction of sp³-hybridized carbons (Fsp3) is 0.364. The highest BCUT2D eigenvalue weighted by Crippen LogP contribution is 2.28. The zero-order valence-electron chi connectivity index (χ0n) is 8.07. The van der Waals surface area contributed by atoms with Gasteiger partial charge in [0, 0.05) is 6.04 Å². The van der Waals surface area contributed by atoms with E-state index in [4.69, 9.17) is 4.74 Å². The van der Waals surface area contributed by atoms with Crippen molar-refractivity contribution in [3.8, 4) is 5.75 Å². The van der Waals surface area contributed by atoms with Gasteiger partial charge in [0.1, 0.15) is 5.75 Å². The lowest BCUT2D eigenvalue weighted by molar-refractivity contribution is 0.199. The second kappa shape index (κ2) is 3.70. The summed E-state index contributed by atoms with van der Waals surface area (Å²) in [4.78, 5) is 11.3. The number of carbonyl (C=O) groups is 1. The topological polar surface area (TPSA) is 38.3 Å². The third-order valence-corrected chi connectivity index (χ3v) is 2.37. The standard InChI is InChI=1S/C11H13NO2/c1-8-7-10(8)12-11(13)14-9-5-3-2-4-6-9/h2-6,8,10H,7H2,1H3,(H,12,13). The van der Waals surface area contributed by atoms with Crippen LogP contribution in [0.25, 0.3) is 0 Å². The van der Waals surface area contributed by atoms with Crippen LogP contribution in [0.5, 0.6) is 5.75 Å². The third kappa shape index (κ3) is 2.25. The minimum absolute atomic E-state index is 0.311. The molecule has 0 bridgehead atoms. The molecule has 1 saturated carbocycles. The molecule has 1 aromatic carbocycles. The highest BCUT2D eigenvalue weighted by atomic mass is 16.6. The first-order valence-electron chi connectivity index (χ1n) is 4.79. The molecule has 14 heavy (non-hydrogen) atoms. The van der Waals surface area contributed by atoms with Gasteiger partial charge in [0.25, 0.3) is 0 Å². The van der Waals surface area contributed by atoms with E-state index in [-0.39, 0.29) is 6.09 Å². The van der Waals surface area contributed by atoms with Crippen LogP contribution in [0.2, 0.25) is 0 Å². The van der Waals surface area contributed by atoms with Crippen LogP contribution in [0.3, 0.4) is 0 Å². The molecule has 3 heteroatoms. The molecule has 1 aliphatic rings. The van der Waals surface area contributed by atoms with Crippen LogP contribution in [0.1, 0.15) is 13.3 Å². The van der Waals surface area contributed by atoms with Gasteiger partial charge >= 0.3 is 6.09 Å². The molecule has 0 spiro atoms. The van der Waals surface area contributed by atoms with Gasteiger partial charge in [-0.3, -0.25) is 0 Å². The Balaban J connectivity index is 1.83. The summed E-state index contributed by atoms with van der Waals surface area (Å²) < 4.78 is 5.06. The largest absolute Gasteiger partial charge is 0.412 e. The zero-order chi connectivity index (χ0) is 9.97. The van der Waals surface area contributed by atoms with E-state index in [1.165, 1.54) is 0 Å². The van der Waals surface area contributed by atoms with Crippen LogP contribution in [0.15, 0.2) is 30.3 Å². The molecule has 74 valence electrons. The normalized spacial score (nSPS) is 24.1. The van der Waals surface area contributed by atoms with E-state index in [1.54, 1.807) is 12.1 Å². The van der Waals surface area contributed by atoms with Gasteiger partial charge in [0.15, 0.2) is 0 Å². The highest BCUT2D eigenvalue weighted by Gasteiger charge is 2.34. The highest BCUT2D eigenvalue weighted by molar-refractivity contribution is 5.71. The van der Waals surface area contributed by atoms with Crippen molar-refractivity contribution in [3.63, 3.8) is 0 Å². The van der Waals surface area contributed by atoms with Gasteiger partial charge in [0.2, 0.25) is 0 Å². The number of ether oxygens (including phenoxy) is 1. The van der Waals surface area contributed by atoms with Gasteiger partial charge in [-0.05, 0) is 24.5 Å². The number of hydrogen-bond donors (Lipinski definition) is 1. The number of rotatable bonds is 2. The summed E-state index contributed by atoms with van der Waals surface area (Å²) in [6, 6.07) is 9.38. The van der Waals surface area contributed by atoms with Crippen molar-refractivity contribution >= 4 is 6.09 Å². The third-order valence-electron chi connectivity index (χ3n) is 2.37. The van der Waals surface area contributed by atoms with Gasteiger partial charge < -0.3 is 10.1 Å². The van der Waals surface area contributed by atoms with Gasteiger partial charge in [-0.2, -0.15) is 0 Å². The summed E-state index contributed by atoms with van der Waals surface area (Å²) in [5.74, 6) is 1.18. The van der Waals surface area contributed by atoms with E-state index in [0.29, 0.717) is 17.7 Å². The quantitative estimate of drug-likeness (QED) is 0.778. The van der Waals surface area contributed by atoms with Gasteiger partial charge in [0.05, 0.1) is 0 Å². The van der Waals surface area contributed by atoms with Crippen molar-refractivity contribution < 1.29 is 9.53 Å². The Hall–Kier alpha value is -1.51. The molecule has 2 rings (SSSR count). The van der Waals surface area contributed by atoms with Gasteiger partial charge in [-0.25, -0.2) is 4.79 Å². The molecule has 1 aliphatic carbocycles. The number of amides is 1. The molecule has 2 atom stereocenters. The first-order valence-corrected chi connectivity index (χ1v) is 4.79. The van der Waals surface area contributed by atoms with Crippen LogP contribution in [-0.4, -0.2) is 12.1 Å². The SMILES string of the molecule is CC1CC1NC(=O)Oc1ccccc1. The predicted molar refractivity (Wildman–Crippen MR) is 53.2 cm³/mol. The minimum atomic E-state index is -0.356. The Labute approximate surface area is 83.1 Å². The van der Waals surface area contributed by atoms with E-state index in [2.05, 4.69) is 12.2 Å². The maximum atomic E-state index is 11.3. The van der Waals surface area contributed by atoms with Crippen molar-refractivity contribution in [3.05, 3.63) is 30.3 Å². The molecule has 3 nitrogen and oxygen atoms in total. The number of carbonyl (C=O) groups excluding carboxylic acids is 1.